The van der Waals surface area contributed by atoms with Crippen molar-refractivity contribution in [1.29, 1.82) is 0 Å². The van der Waals surface area contributed by atoms with Crippen LogP contribution in [0.3, 0.4) is 0 Å². The van der Waals surface area contributed by atoms with Gasteiger partial charge in [0.25, 0.3) is 0 Å². The highest BCUT2D eigenvalue weighted by Crippen LogP contribution is 2.00. The number of rotatable bonds is 3. The summed E-state index contributed by atoms with van der Waals surface area (Å²) in [4.78, 5) is 14.6. The van der Waals surface area contributed by atoms with E-state index in [9.17, 15) is 4.79 Å². The van der Waals surface area contributed by atoms with E-state index in [1.54, 1.807) is 6.20 Å². The molecule has 1 N–H and O–H groups in total. The summed E-state index contributed by atoms with van der Waals surface area (Å²) in [6.07, 6.45) is 2.86. The van der Waals surface area contributed by atoms with Crippen LogP contribution < -0.4 is 0 Å². The Hall–Kier alpha value is -1.03. The Balaban J connectivity index is 2.28. The Morgan fingerprint density at radius 3 is 2.46 bits per heavy atom. The summed E-state index contributed by atoms with van der Waals surface area (Å²) in [6.45, 7) is 7.13. The molecule has 0 aromatic rings. The van der Waals surface area contributed by atoms with Crippen LogP contribution in [0.5, 0.6) is 0 Å². The van der Waals surface area contributed by atoms with Crippen molar-refractivity contribution >= 4 is 5.97 Å². The lowest BCUT2D eigenvalue weighted by Gasteiger charge is -2.33. The molecule has 0 radical (unpaired) electrons. The van der Waals surface area contributed by atoms with E-state index in [0.29, 0.717) is 0 Å². The number of likely N-dealkylation sites (N-methyl/N-ethyl adjacent to an activating group) is 1. The zero-order valence-corrected chi connectivity index (χ0v) is 7.94. The lowest BCUT2D eigenvalue weighted by atomic mass is 10.3. The summed E-state index contributed by atoms with van der Waals surface area (Å²) in [6, 6.07) is 0. The largest absolute Gasteiger partial charge is 0.478 e. The fraction of sp³-hybridized carbons (Fsp3) is 0.667. The molecule has 0 aliphatic carbocycles. The third-order valence-electron chi connectivity index (χ3n) is 2.28. The van der Waals surface area contributed by atoms with Crippen LogP contribution in [0.2, 0.25) is 0 Å². The van der Waals surface area contributed by atoms with Crippen LogP contribution >= 0.6 is 0 Å². The second kappa shape index (κ2) is 4.87. The summed E-state index contributed by atoms with van der Waals surface area (Å²) >= 11 is 0. The number of hydrogen-bond donors (Lipinski definition) is 1. The molecule has 1 aliphatic heterocycles. The van der Waals surface area contributed by atoms with Crippen LogP contribution in [0.1, 0.15) is 6.92 Å². The number of carbonyl (C=O) groups is 1. The topological polar surface area (TPSA) is 43.8 Å². The number of carboxylic acid groups (broad SMARTS) is 1. The lowest BCUT2D eigenvalue weighted by molar-refractivity contribution is -0.131. The smallest absolute Gasteiger partial charge is 0.329 e. The first-order chi connectivity index (χ1) is 6.22. The summed E-state index contributed by atoms with van der Waals surface area (Å²) in [5.41, 5.74) is 0. The minimum absolute atomic E-state index is 0.877. The van der Waals surface area contributed by atoms with Gasteiger partial charge in [0.2, 0.25) is 0 Å². The predicted molar refractivity (Wildman–Crippen MR) is 50.5 cm³/mol. The van der Waals surface area contributed by atoms with Crippen molar-refractivity contribution in [1.82, 2.24) is 9.80 Å². The van der Waals surface area contributed by atoms with Gasteiger partial charge in [0.1, 0.15) is 0 Å². The molecule has 1 fully saturated rings. The summed E-state index contributed by atoms with van der Waals surface area (Å²) in [5, 5.41) is 8.42. The summed E-state index contributed by atoms with van der Waals surface area (Å²) in [5.74, 6) is -0.877. The van der Waals surface area contributed by atoms with E-state index < -0.39 is 5.97 Å². The molecule has 0 bridgehead atoms. The highest BCUT2D eigenvalue weighted by atomic mass is 16.4. The van der Waals surface area contributed by atoms with Crippen molar-refractivity contribution in [3.8, 4) is 0 Å². The zero-order valence-electron chi connectivity index (χ0n) is 7.94. The normalized spacial score (nSPS) is 19.6. The zero-order chi connectivity index (χ0) is 9.68. The molecule has 4 nitrogen and oxygen atoms in total. The minimum Gasteiger partial charge on any atom is -0.478 e. The molecule has 0 aromatic carbocycles. The molecule has 0 aromatic heterocycles. The quantitative estimate of drug-likeness (QED) is 0.637. The van der Waals surface area contributed by atoms with E-state index >= 15 is 0 Å². The molecule has 0 amide bonds. The Bertz CT molecular complexity index is 196. The second-order valence-electron chi connectivity index (χ2n) is 3.12. The molecule has 0 saturated carbocycles. The molecule has 4 heteroatoms. The molecule has 13 heavy (non-hydrogen) atoms. The van der Waals surface area contributed by atoms with Gasteiger partial charge in [-0.2, -0.15) is 0 Å². The molecular weight excluding hydrogens is 168 g/mol. The molecule has 1 saturated heterocycles. The Morgan fingerprint density at radius 1 is 1.38 bits per heavy atom. The van der Waals surface area contributed by atoms with Gasteiger partial charge in [0.15, 0.2) is 0 Å². The standard InChI is InChI=1S/C9H16N2O2/c1-2-10-5-7-11(8-6-10)4-3-9(12)13/h3-4H,2,5-8H2,1H3,(H,12,13)/b4-3+. The van der Waals surface area contributed by atoms with Crippen molar-refractivity contribution in [2.24, 2.45) is 0 Å². The van der Waals surface area contributed by atoms with E-state index in [0.717, 1.165) is 32.7 Å². The number of nitrogens with zero attached hydrogens (tertiary/aromatic N) is 2. The maximum atomic E-state index is 10.2. The van der Waals surface area contributed by atoms with Crippen molar-refractivity contribution in [3.63, 3.8) is 0 Å². The molecular formula is C9H16N2O2. The molecule has 0 spiro atoms. The van der Waals surface area contributed by atoms with Gasteiger partial charge in [0.05, 0.1) is 0 Å². The monoisotopic (exact) mass is 184 g/mol. The van der Waals surface area contributed by atoms with Crippen molar-refractivity contribution in [3.05, 3.63) is 12.3 Å². The van der Waals surface area contributed by atoms with Crippen LogP contribution in [0, 0.1) is 0 Å². The molecule has 1 aliphatic rings. The van der Waals surface area contributed by atoms with Gasteiger partial charge in [-0.1, -0.05) is 6.92 Å². The Morgan fingerprint density at radius 2 is 2.00 bits per heavy atom. The van der Waals surface area contributed by atoms with Crippen LogP contribution in [-0.4, -0.2) is 53.6 Å². The van der Waals surface area contributed by atoms with Gasteiger partial charge in [-0.05, 0) is 6.54 Å². The van der Waals surface area contributed by atoms with E-state index in [1.807, 2.05) is 4.90 Å². The minimum atomic E-state index is -0.877. The first-order valence-corrected chi connectivity index (χ1v) is 4.60. The van der Waals surface area contributed by atoms with E-state index in [-0.39, 0.29) is 0 Å². The predicted octanol–water partition coefficient (Wildman–Crippen LogP) is 0.222. The van der Waals surface area contributed by atoms with E-state index in [4.69, 9.17) is 5.11 Å². The van der Waals surface area contributed by atoms with E-state index in [1.165, 1.54) is 6.08 Å². The maximum absolute atomic E-state index is 10.2. The Kier molecular flexibility index (Phi) is 3.76. The van der Waals surface area contributed by atoms with Crippen molar-refractivity contribution < 1.29 is 9.90 Å². The SMILES string of the molecule is CCN1CCN(/C=C/C(=O)O)CC1. The van der Waals surface area contributed by atoms with Crippen molar-refractivity contribution in [2.45, 2.75) is 6.92 Å². The molecule has 1 rings (SSSR count). The van der Waals surface area contributed by atoms with Gasteiger partial charge in [-0.25, -0.2) is 4.79 Å². The van der Waals surface area contributed by atoms with Crippen LogP contribution in [0.25, 0.3) is 0 Å². The lowest BCUT2D eigenvalue weighted by Crippen LogP contribution is -2.43. The fourth-order valence-corrected chi connectivity index (χ4v) is 1.40. The Labute approximate surface area is 78.4 Å². The average Bonchev–Trinajstić information content (AvgIpc) is 2.15. The number of hydrogen-bond acceptors (Lipinski definition) is 3. The maximum Gasteiger partial charge on any atom is 0.329 e. The van der Waals surface area contributed by atoms with Gasteiger partial charge in [0, 0.05) is 38.5 Å². The van der Waals surface area contributed by atoms with E-state index in [2.05, 4.69) is 11.8 Å². The van der Waals surface area contributed by atoms with Crippen LogP contribution in [-0.2, 0) is 4.79 Å². The van der Waals surface area contributed by atoms with Gasteiger partial charge in [-0.3, -0.25) is 0 Å². The van der Waals surface area contributed by atoms with Gasteiger partial charge >= 0.3 is 5.97 Å². The first-order valence-electron chi connectivity index (χ1n) is 4.60. The highest BCUT2D eigenvalue weighted by Gasteiger charge is 2.11. The molecule has 0 unspecified atom stereocenters. The van der Waals surface area contributed by atoms with Crippen molar-refractivity contribution in [2.75, 3.05) is 32.7 Å². The van der Waals surface area contributed by atoms with Gasteiger partial charge in [-0.15, -0.1) is 0 Å². The average molecular weight is 184 g/mol. The van der Waals surface area contributed by atoms with Gasteiger partial charge < -0.3 is 14.9 Å². The third-order valence-corrected chi connectivity index (χ3v) is 2.28. The third kappa shape index (κ3) is 3.46. The number of carboxylic acids is 1. The van der Waals surface area contributed by atoms with Crippen LogP contribution in [0.4, 0.5) is 0 Å². The fourth-order valence-electron chi connectivity index (χ4n) is 1.40. The number of piperazine rings is 1. The summed E-state index contributed by atoms with van der Waals surface area (Å²) < 4.78 is 0. The first kappa shape index (κ1) is 10.1. The summed E-state index contributed by atoms with van der Waals surface area (Å²) in [7, 11) is 0. The highest BCUT2D eigenvalue weighted by molar-refractivity contribution is 5.79. The molecule has 1 heterocycles. The number of aliphatic carboxylic acids is 1. The molecule has 0 atom stereocenters. The second-order valence-corrected chi connectivity index (χ2v) is 3.12. The van der Waals surface area contributed by atoms with Crippen LogP contribution in [0.15, 0.2) is 12.3 Å². The molecule has 74 valence electrons.